The highest BCUT2D eigenvalue weighted by Gasteiger charge is 2.20. The van der Waals surface area contributed by atoms with Gasteiger partial charge in [-0.3, -0.25) is 4.79 Å². The number of benzene rings is 2. The fourth-order valence-electron chi connectivity index (χ4n) is 2.79. The summed E-state index contributed by atoms with van der Waals surface area (Å²) in [5.74, 6) is 0.299. The first-order valence-electron chi connectivity index (χ1n) is 8.19. The van der Waals surface area contributed by atoms with Crippen molar-refractivity contribution in [2.24, 2.45) is 5.92 Å². The summed E-state index contributed by atoms with van der Waals surface area (Å²) in [7, 11) is 0. The van der Waals surface area contributed by atoms with Gasteiger partial charge in [0.25, 0.3) is 0 Å². The molecule has 4 nitrogen and oxygen atoms in total. The molecule has 1 heterocycles. The van der Waals surface area contributed by atoms with Crippen LogP contribution in [0.3, 0.4) is 0 Å². The summed E-state index contributed by atoms with van der Waals surface area (Å²) in [4.78, 5) is 12.3. The van der Waals surface area contributed by atoms with Crippen molar-refractivity contribution in [2.75, 3.05) is 18.4 Å². The minimum Gasteiger partial charge on any atom is -0.489 e. The predicted octanol–water partition coefficient (Wildman–Crippen LogP) is 3.76. The van der Waals surface area contributed by atoms with Gasteiger partial charge < -0.3 is 15.4 Å². The number of ether oxygens (including phenoxy) is 1. The zero-order valence-electron chi connectivity index (χ0n) is 13.8. The van der Waals surface area contributed by atoms with Gasteiger partial charge in [0.1, 0.15) is 18.2 Å². The zero-order valence-corrected chi connectivity index (χ0v) is 14.7. The lowest BCUT2D eigenvalue weighted by molar-refractivity contribution is -0.120. The third kappa shape index (κ3) is 5.73. The van der Waals surface area contributed by atoms with Crippen molar-refractivity contribution in [1.82, 2.24) is 5.32 Å². The summed E-state index contributed by atoms with van der Waals surface area (Å²) in [5.41, 5.74) is 1.68. The Bertz CT molecular complexity index is 705. The van der Waals surface area contributed by atoms with Crippen LogP contribution in [0.5, 0.6) is 5.75 Å². The van der Waals surface area contributed by atoms with Crippen molar-refractivity contribution < 1.29 is 13.9 Å². The van der Waals surface area contributed by atoms with Gasteiger partial charge in [0, 0.05) is 17.7 Å². The van der Waals surface area contributed by atoms with E-state index in [0.29, 0.717) is 12.4 Å². The van der Waals surface area contributed by atoms with Crippen molar-refractivity contribution >= 4 is 24.0 Å². The van der Waals surface area contributed by atoms with E-state index in [2.05, 4.69) is 10.6 Å². The van der Waals surface area contributed by atoms with Crippen LogP contribution in [0.25, 0.3) is 0 Å². The van der Waals surface area contributed by atoms with E-state index in [1.165, 1.54) is 12.1 Å². The molecule has 2 aromatic carbocycles. The number of rotatable bonds is 5. The summed E-state index contributed by atoms with van der Waals surface area (Å²) in [6.45, 7) is 2.10. The van der Waals surface area contributed by atoms with E-state index in [9.17, 15) is 9.18 Å². The molecule has 0 saturated carbocycles. The molecule has 1 aliphatic rings. The largest absolute Gasteiger partial charge is 0.489 e. The molecule has 0 radical (unpaired) electrons. The number of hydrogen-bond acceptors (Lipinski definition) is 3. The maximum atomic E-state index is 13.1. The molecule has 1 fully saturated rings. The van der Waals surface area contributed by atoms with Gasteiger partial charge in [-0.25, -0.2) is 4.39 Å². The molecule has 0 aliphatic carbocycles. The predicted molar refractivity (Wildman–Crippen MR) is 98.6 cm³/mol. The van der Waals surface area contributed by atoms with E-state index >= 15 is 0 Å². The van der Waals surface area contributed by atoms with Gasteiger partial charge in [-0.05, 0) is 55.8 Å². The van der Waals surface area contributed by atoms with Crippen LogP contribution in [0.4, 0.5) is 10.1 Å². The number of piperidine rings is 1. The Balaban J connectivity index is 0.00000225. The van der Waals surface area contributed by atoms with Gasteiger partial charge in [0.05, 0.1) is 0 Å². The molecule has 1 aliphatic heterocycles. The van der Waals surface area contributed by atoms with Crippen LogP contribution in [0.15, 0.2) is 48.5 Å². The number of hydrogen-bond donors (Lipinski definition) is 2. The van der Waals surface area contributed by atoms with Crippen molar-refractivity contribution in [3.05, 3.63) is 59.9 Å². The van der Waals surface area contributed by atoms with Crippen LogP contribution in [0, 0.1) is 11.7 Å². The standard InChI is InChI=1S/C19H21FN2O2.ClH/c20-16-4-2-6-18(12-16)24-13-14-3-1-5-17(11-14)22-19(23)15-7-9-21-10-8-15;/h1-6,11-12,15,21H,7-10,13H2,(H,22,23);1H. The second-order valence-electron chi connectivity index (χ2n) is 5.96. The topological polar surface area (TPSA) is 50.4 Å². The minimum atomic E-state index is -0.324. The monoisotopic (exact) mass is 364 g/mol. The maximum Gasteiger partial charge on any atom is 0.227 e. The van der Waals surface area contributed by atoms with Crippen LogP contribution in [0.1, 0.15) is 18.4 Å². The fraction of sp³-hybridized carbons (Fsp3) is 0.316. The summed E-state index contributed by atoms with van der Waals surface area (Å²) < 4.78 is 18.7. The number of halogens is 2. The average Bonchev–Trinajstić information content (AvgIpc) is 2.61. The highest BCUT2D eigenvalue weighted by Crippen LogP contribution is 2.18. The van der Waals surface area contributed by atoms with Crippen LogP contribution < -0.4 is 15.4 Å². The Labute approximate surface area is 153 Å². The Morgan fingerprint density at radius 2 is 1.92 bits per heavy atom. The molecule has 2 N–H and O–H groups in total. The fourth-order valence-corrected chi connectivity index (χ4v) is 2.79. The zero-order chi connectivity index (χ0) is 16.8. The van der Waals surface area contributed by atoms with E-state index in [-0.39, 0.29) is 30.0 Å². The third-order valence-corrected chi connectivity index (χ3v) is 4.11. The van der Waals surface area contributed by atoms with Crippen LogP contribution in [-0.2, 0) is 11.4 Å². The van der Waals surface area contributed by atoms with E-state index in [1.807, 2.05) is 24.3 Å². The second-order valence-corrected chi connectivity index (χ2v) is 5.96. The highest BCUT2D eigenvalue weighted by atomic mass is 35.5. The molecule has 6 heteroatoms. The molecule has 3 rings (SSSR count). The quantitative estimate of drug-likeness (QED) is 0.849. The number of carbonyl (C=O) groups excluding carboxylic acids is 1. The smallest absolute Gasteiger partial charge is 0.227 e. The summed E-state index contributed by atoms with van der Waals surface area (Å²) in [5, 5.41) is 6.23. The Morgan fingerprint density at radius 3 is 2.68 bits per heavy atom. The lowest BCUT2D eigenvalue weighted by Crippen LogP contribution is -2.34. The normalized spacial score (nSPS) is 14.4. The molecule has 1 saturated heterocycles. The van der Waals surface area contributed by atoms with E-state index in [4.69, 9.17) is 4.74 Å². The van der Waals surface area contributed by atoms with E-state index in [0.717, 1.165) is 37.2 Å². The van der Waals surface area contributed by atoms with Gasteiger partial charge in [-0.2, -0.15) is 0 Å². The highest BCUT2D eigenvalue weighted by molar-refractivity contribution is 5.92. The molecule has 25 heavy (non-hydrogen) atoms. The number of carbonyl (C=O) groups is 1. The number of amides is 1. The lowest BCUT2D eigenvalue weighted by atomic mass is 9.97. The minimum absolute atomic E-state index is 0. The lowest BCUT2D eigenvalue weighted by Gasteiger charge is -2.21. The first-order valence-corrected chi connectivity index (χ1v) is 8.19. The number of nitrogens with one attached hydrogen (secondary N) is 2. The van der Waals surface area contributed by atoms with Crippen molar-refractivity contribution in [1.29, 1.82) is 0 Å². The molecule has 134 valence electrons. The molecular formula is C19H22ClFN2O2. The van der Waals surface area contributed by atoms with Crippen LogP contribution in [0.2, 0.25) is 0 Å². The van der Waals surface area contributed by atoms with Gasteiger partial charge in [0.2, 0.25) is 5.91 Å². The first kappa shape index (κ1) is 19.2. The Kier molecular flexibility index (Phi) is 7.22. The molecule has 2 aromatic rings. The van der Waals surface area contributed by atoms with Gasteiger partial charge >= 0.3 is 0 Å². The molecule has 0 unspecified atom stereocenters. The summed E-state index contributed by atoms with van der Waals surface area (Å²) >= 11 is 0. The van der Waals surface area contributed by atoms with Gasteiger partial charge in [-0.15, -0.1) is 12.4 Å². The second kappa shape index (κ2) is 9.39. The Hall–Kier alpha value is -2.11. The van der Waals surface area contributed by atoms with Crippen molar-refractivity contribution in [2.45, 2.75) is 19.4 Å². The SMILES string of the molecule is Cl.O=C(Nc1cccc(COc2cccc(F)c2)c1)C1CCNCC1. The van der Waals surface area contributed by atoms with E-state index in [1.54, 1.807) is 12.1 Å². The van der Waals surface area contributed by atoms with Crippen molar-refractivity contribution in [3.63, 3.8) is 0 Å². The summed E-state index contributed by atoms with van der Waals surface area (Å²) in [6, 6.07) is 13.6. The molecule has 0 aromatic heterocycles. The van der Waals surface area contributed by atoms with Crippen LogP contribution >= 0.6 is 12.4 Å². The molecule has 0 bridgehead atoms. The molecule has 0 atom stereocenters. The molecule has 1 amide bonds. The average molecular weight is 365 g/mol. The molecular weight excluding hydrogens is 343 g/mol. The third-order valence-electron chi connectivity index (χ3n) is 4.11. The van der Waals surface area contributed by atoms with E-state index < -0.39 is 0 Å². The summed E-state index contributed by atoms with van der Waals surface area (Å²) in [6.07, 6.45) is 1.74. The van der Waals surface area contributed by atoms with Gasteiger partial charge in [0.15, 0.2) is 0 Å². The first-order chi connectivity index (χ1) is 11.7. The van der Waals surface area contributed by atoms with Crippen LogP contribution in [-0.4, -0.2) is 19.0 Å². The van der Waals surface area contributed by atoms with Gasteiger partial charge in [-0.1, -0.05) is 18.2 Å². The molecule has 0 spiro atoms. The van der Waals surface area contributed by atoms with Crippen molar-refractivity contribution in [3.8, 4) is 5.75 Å². The maximum absolute atomic E-state index is 13.1. The number of anilines is 1. The Morgan fingerprint density at radius 1 is 1.16 bits per heavy atom.